The normalized spacial score (nSPS) is 15.6. The Balaban J connectivity index is 4.85. The van der Waals surface area contributed by atoms with Crippen LogP contribution in [0.5, 0.6) is 0 Å². The lowest BCUT2D eigenvalue weighted by molar-refractivity contribution is 0.0902. The number of hydrogen-bond acceptors (Lipinski definition) is 4. The molecule has 0 aliphatic rings. The maximum absolute atomic E-state index is 5.71. The Morgan fingerprint density at radius 1 is 1.12 bits per heavy atom. The van der Waals surface area contributed by atoms with Crippen LogP contribution < -0.4 is 0 Å². The van der Waals surface area contributed by atoms with Gasteiger partial charge >= 0.3 is 8.80 Å². The molecule has 0 aromatic carbocycles. The summed E-state index contributed by atoms with van der Waals surface area (Å²) in [5, 5.41) is -0.271. The molecule has 0 rings (SSSR count). The summed E-state index contributed by atoms with van der Waals surface area (Å²) in [5.41, 5.74) is 0. The van der Waals surface area contributed by atoms with Gasteiger partial charge in [0.1, 0.15) is 0 Å². The molecule has 16 heavy (non-hydrogen) atoms. The summed E-state index contributed by atoms with van der Waals surface area (Å²) in [6, 6.07) is -0.00865. The molecule has 1 unspecified atom stereocenters. The fraction of sp³-hybridized carbons (Fsp3) is 1.00. The fourth-order valence-corrected chi connectivity index (χ4v) is 4.85. The molecule has 0 aliphatic carbocycles. The van der Waals surface area contributed by atoms with E-state index in [2.05, 4.69) is 0 Å². The SMILES string of the molecule is CO[Si](OC)(OC)C(C)(C)CC(C)N(Cl)Cl. The van der Waals surface area contributed by atoms with Crippen molar-refractivity contribution >= 4 is 32.4 Å². The predicted octanol–water partition coefficient (Wildman–Crippen LogP) is 3.03. The second kappa shape index (κ2) is 6.54. The Labute approximate surface area is 109 Å². The lowest BCUT2D eigenvalue weighted by atomic mass is 10.0. The first-order valence-corrected chi connectivity index (χ1v) is 7.42. The van der Waals surface area contributed by atoms with Crippen molar-refractivity contribution in [2.24, 2.45) is 0 Å². The fourth-order valence-electron chi connectivity index (χ4n) is 2.01. The predicted molar refractivity (Wildman–Crippen MR) is 68.4 cm³/mol. The molecule has 0 bridgehead atoms. The maximum Gasteiger partial charge on any atom is 0.506 e. The first kappa shape index (κ1) is 16.6. The number of halogens is 2. The summed E-state index contributed by atoms with van der Waals surface area (Å²) in [4.78, 5) is 0. The minimum atomic E-state index is -2.70. The highest BCUT2D eigenvalue weighted by atomic mass is 35.5. The van der Waals surface area contributed by atoms with Gasteiger partial charge in [0.2, 0.25) is 0 Å². The molecule has 0 aromatic rings. The topological polar surface area (TPSA) is 30.9 Å². The molecule has 1 atom stereocenters. The summed E-state index contributed by atoms with van der Waals surface area (Å²) < 4.78 is 17.6. The van der Waals surface area contributed by atoms with Gasteiger partial charge in [-0.2, -0.15) is 0 Å². The molecule has 0 N–H and O–H groups in total. The highest BCUT2D eigenvalue weighted by molar-refractivity contribution is 6.64. The van der Waals surface area contributed by atoms with E-state index < -0.39 is 8.80 Å². The second-order valence-corrected chi connectivity index (χ2v) is 8.96. The number of hydrogen-bond donors (Lipinski definition) is 0. The summed E-state index contributed by atoms with van der Waals surface area (Å²) >= 11 is 11.4. The van der Waals surface area contributed by atoms with E-state index in [9.17, 15) is 0 Å². The minimum absolute atomic E-state index is 0.00865. The average Bonchev–Trinajstić information content (AvgIpc) is 2.19. The van der Waals surface area contributed by atoms with E-state index in [4.69, 9.17) is 36.8 Å². The molecule has 4 nitrogen and oxygen atoms in total. The molecule has 0 heterocycles. The molecule has 0 aromatic heterocycles. The van der Waals surface area contributed by atoms with Gasteiger partial charge in [-0.05, 0) is 36.9 Å². The van der Waals surface area contributed by atoms with E-state index in [1.165, 1.54) is 0 Å². The Morgan fingerprint density at radius 2 is 1.50 bits per heavy atom. The Bertz CT molecular complexity index is 205. The van der Waals surface area contributed by atoms with Crippen LogP contribution in [0.4, 0.5) is 0 Å². The van der Waals surface area contributed by atoms with Crippen molar-refractivity contribution in [3.8, 4) is 0 Å². The maximum atomic E-state index is 5.71. The molecular weight excluding hydrogens is 269 g/mol. The van der Waals surface area contributed by atoms with Crippen LogP contribution in [0.15, 0.2) is 0 Å². The Morgan fingerprint density at radius 3 is 1.75 bits per heavy atom. The first-order chi connectivity index (χ1) is 7.26. The molecule has 7 heteroatoms. The van der Waals surface area contributed by atoms with Gasteiger partial charge in [0.25, 0.3) is 0 Å². The van der Waals surface area contributed by atoms with Gasteiger partial charge in [0.05, 0.1) is 0 Å². The Kier molecular flexibility index (Phi) is 6.80. The van der Waals surface area contributed by atoms with Crippen LogP contribution in [0.3, 0.4) is 0 Å². The molecule has 0 amide bonds. The summed E-state index contributed by atoms with van der Waals surface area (Å²) in [7, 11) is 2.11. The van der Waals surface area contributed by atoms with E-state index in [1.807, 2.05) is 20.8 Å². The van der Waals surface area contributed by atoms with Crippen LogP contribution in [-0.4, -0.2) is 40.1 Å². The van der Waals surface area contributed by atoms with E-state index in [0.29, 0.717) is 6.42 Å². The van der Waals surface area contributed by atoms with Crippen LogP contribution in [0.1, 0.15) is 27.2 Å². The molecular formula is C9H21Cl2NO3Si. The molecule has 0 saturated carbocycles. The zero-order valence-electron chi connectivity index (χ0n) is 10.7. The van der Waals surface area contributed by atoms with E-state index in [1.54, 1.807) is 21.3 Å². The lowest BCUT2D eigenvalue weighted by Crippen LogP contribution is -2.53. The van der Waals surface area contributed by atoms with Gasteiger partial charge in [-0.15, -0.1) is 3.94 Å². The zero-order chi connectivity index (χ0) is 13.0. The number of rotatable bonds is 7. The van der Waals surface area contributed by atoms with Gasteiger partial charge in [0, 0.05) is 32.4 Å². The number of nitrogens with zero attached hydrogens (tertiary/aromatic N) is 1. The van der Waals surface area contributed by atoms with Gasteiger partial charge in [-0.25, -0.2) is 0 Å². The third kappa shape index (κ3) is 3.56. The van der Waals surface area contributed by atoms with Gasteiger partial charge in [-0.3, -0.25) is 0 Å². The molecule has 0 spiro atoms. The summed E-state index contributed by atoms with van der Waals surface area (Å²) in [6.07, 6.45) is 0.710. The minimum Gasteiger partial charge on any atom is -0.377 e. The van der Waals surface area contributed by atoms with Crippen molar-refractivity contribution in [3.63, 3.8) is 0 Å². The van der Waals surface area contributed by atoms with Crippen molar-refractivity contribution in [3.05, 3.63) is 0 Å². The third-order valence-electron chi connectivity index (χ3n) is 2.77. The van der Waals surface area contributed by atoms with Crippen LogP contribution in [0, 0.1) is 0 Å². The van der Waals surface area contributed by atoms with Gasteiger partial charge in [0.15, 0.2) is 0 Å². The van der Waals surface area contributed by atoms with Crippen molar-refractivity contribution in [1.82, 2.24) is 3.94 Å². The van der Waals surface area contributed by atoms with Gasteiger partial charge < -0.3 is 13.3 Å². The largest absolute Gasteiger partial charge is 0.506 e. The molecule has 0 saturated heterocycles. The van der Waals surface area contributed by atoms with Crippen LogP contribution in [0.2, 0.25) is 5.04 Å². The van der Waals surface area contributed by atoms with Crippen molar-refractivity contribution < 1.29 is 13.3 Å². The highest BCUT2D eigenvalue weighted by Gasteiger charge is 2.54. The summed E-state index contributed by atoms with van der Waals surface area (Å²) in [6.45, 7) is 5.99. The second-order valence-electron chi connectivity index (χ2n) is 4.36. The first-order valence-electron chi connectivity index (χ1n) is 5.02. The van der Waals surface area contributed by atoms with Crippen molar-refractivity contribution in [2.75, 3.05) is 21.3 Å². The van der Waals surface area contributed by atoms with E-state index in [0.717, 1.165) is 3.94 Å². The Hall–Kier alpha value is 0.637. The van der Waals surface area contributed by atoms with Crippen LogP contribution in [0.25, 0.3) is 0 Å². The highest BCUT2D eigenvalue weighted by Crippen LogP contribution is 2.43. The molecule has 0 fully saturated rings. The molecule has 0 aliphatic heterocycles. The monoisotopic (exact) mass is 289 g/mol. The van der Waals surface area contributed by atoms with Crippen LogP contribution in [-0.2, 0) is 13.3 Å². The smallest absolute Gasteiger partial charge is 0.377 e. The molecule has 98 valence electrons. The molecule has 0 radical (unpaired) electrons. The third-order valence-corrected chi connectivity index (χ3v) is 6.91. The van der Waals surface area contributed by atoms with E-state index >= 15 is 0 Å². The average molecular weight is 290 g/mol. The zero-order valence-corrected chi connectivity index (χ0v) is 13.2. The van der Waals surface area contributed by atoms with Crippen molar-refractivity contribution in [2.45, 2.75) is 38.3 Å². The van der Waals surface area contributed by atoms with Crippen LogP contribution >= 0.6 is 23.6 Å². The van der Waals surface area contributed by atoms with Crippen molar-refractivity contribution in [1.29, 1.82) is 0 Å². The quantitative estimate of drug-likeness (QED) is 0.532. The van der Waals surface area contributed by atoms with E-state index in [-0.39, 0.29) is 11.1 Å². The van der Waals surface area contributed by atoms with Gasteiger partial charge in [-0.1, -0.05) is 13.8 Å². The summed E-state index contributed by atoms with van der Waals surface area (Å²) in [5.74, 6) is 0. The standard InChI is InChI=1S/C9H21Cl2NO3Si/c1-8(12(10)11)7-9(2,3)16(13-4,14-5)15-6/h8H,7H2,1-6H3. The lowest BCUT2D eigenvalue weighted by Gasteiger charge is -2.40.